The van der Waals surface area contributed by atoms with Crippen molar-refractivity contribution >= 4 is 6.08 Å². The van der Waals surface area contributed by atoms with Gasteiger partial charge in [0.05, 0.1) is 12.2 Å². The molecule has 1 heterocycles. The molecular weight excluding hydrogens is 214 g/mol. The number of nitrogens with zero attached hydrogens (tertiary/aromatic N) is 3. The third kappa shape index (κ3) is 2.22. The first-order chi connectivity index (χ1) is 8.32. The number of allylic oxidation sites excluding steroid dienone is 1. The molecule has 0 radical (unpaired) electrons. The average molecular weight is 231 g/mol. The lowest BCUT2D eigenvalue weighted by atomic mass is 9.79. The Hall–Kier alpha value is -1.67. The van der Waals surface area contributed by atoms with Crippen LogP contribution in [-0.2, 0) is 16.9 Å². The second-order valence-electron chi connectivity index (χ2n) is 4.48. The molecule has 1 aliphatic rings. The van der Waals surface area contributed by atoms with Crippen LogP contribution in [0.1, 0.15) is 37.8 Å². The second kappa shape index (κ2) is 5.11. The highest BCUT2D eigenvalue weighted by Gasteiger charge is 2.36. The highest BCUT2D eigenvalue weighted by Crippen LogP contribution is 2.40. The maximum atomic E-state index is 10.7. The van der Waals surface area contributed by atoms with Crippen LogP contribution in [0.5, 0.6) is 0 Å². The van der Waals surface area contributed by atoms with Gasteiger partial charge in [0.1, 0.15) is 5.54 Å². The minimum absolute atomic E-state index is 0.403. The maximum absolute atomic E-state index is 10.7. The molecule has 1 fully saturated rings. The topological polar surface area (TPSA) is 47.2 Å². The van der Waals surface area contributed by atoms with Gasteiger partial charge >= 0.3 is 0 Å². The summed E-state index contributed by atoms with van der Waals surface area (Å²) < 4.78 is 1.87. The zero-order chi connectivity index (χ0) is 12.1. The van der Waals surface area contributed by atoms with Crippen molar-refractivity contribution in [2.75, 3.05) is 0 Å². The van der Waals surface area contributed by atoms with E-state index in [-0.39, 0.29) is 0 Å². The molecule has 0 atom stereocenters. The van der Waals surface area contributed by atoms with Gasteiger partial charge in [-0.25, -0.2) is 4.79 Å². The van der Waals surface area contributed by atoms with Crippen LogP contribution in [0, 0.1) is 0 Å². The van der Waals surface area contributed by atoms with Gasteiger partial charge in [-0.05, 0) is 18.9 Å². The fourth-order valence-corrected chi connectivity index (χ4v) is 2.65. The molecular formula is C13H17N3O. The van der Waals surface area contributed by atoms with E-state index in [1.165, 1.54) is 6.42 Å². The van der Waals surface area contributed by atoms with Crippen LogP contribution >= 0.6 is 0 Å². The Morgan fingerprint density at radius 2 is 2.29 bits per heavy atom. The average Bonchev–Trinajstić information content (AvgIpc) is 2.80. The molecule has 1 aromatic rings. The van der Waals surface area contributed by atoms with Gasteiger partial charge in [-0.2, -0.15) is 10.1 Å². The minimum atomic E-state index is -0.403. The number of hydrogen-bond donors (Lipinski definition) is 0. The molecule has 0 bridgehead atoms. The maximum Gasteiger partial charge on any atom is 0.235 e. The lowest BCUT2D eigenvalue weighted by Gasteiger charge is -2.32. The molecule has 0 spiro atoms. The summed E-state index contributed by atoms with van der Waals surface area (Å²) >= 11 is 0. The molecule has 2 rings (SSSR count). The van der Waals surface area contributed by atoms with E-state index in [2.05, 4.69) is 16.7 Å². The summed E-state index contributed by atoms with van der Waals surface area (Å²) in [6, 6.07) is 1.95. The third-order valence-corrected chi connectivity index (χ3v) is 3.44. The Morgan fingerprint density at radius 1 is 1.53 bits per heavy atom. The van der Waals surface area contributed by atoms with E-state index in [9.17, 15) is 4.79 Å². The van der Waals surface area contributed by atoms with Crippen molar-refractivity contribution in [1.29, 1.82) is 0 Å². The first kappa shape index (κ1) is 11.8. The molecule has 0 aromatic carbocycles. The van der Waals surface area contributed by atoms with E-state index < -0.39 is 5.54 Å². The molecule has 0 aliphatic heterocycles. The van der Waals surface area contributed by atoms with Gasteiger partial charge in [0.2, 0.25) is 6.08 Å². The Kier molecular flexibility index (Phi) is 3.55. The lowest BCUT2D eigenvalue weighted by molar-refractivity contribution is 0.285. The van der Waals surface area contributed by atoms with Gasteiger partial charge in [-0.15, -0.1) is 6.58 Å². The van der Waals surface area contributed by atoms with E-state index in [1.54, 1.807) is 18.4 Å². The molecule has 1 aliphatic carbocycles. The van der Waals surface area contributed by atoms with Crippen molar-refractivity contribution in [3.63, 3.8) is 0 Å². The summed E-state index contributed by atoms with van der Waals surface area (Å²) in [5.74, 6) is 0. The van der Waals surface area contributed by atoms with Crippen molar-refractivity contribution in [2.45, 2.75) is 44.2 Å². The Bertz CT molecular complexity index is 437. The van der Waals surface area contributed by atoms with Crippen LogP contribution in [0.25, 0.3) is 0 Å². The first-order valence-corrected chi connectivity index (χ1v) is 6.04. The first-order valence-electron chi connectivity index (χ1n) is 6.04. The summed E-state index contributed by atoms with van der Waals surface area (Å²) in [7, 11) is 0. The zero-order valence-corrected chi connectivity index (χ0v) is 9.93. The number of isocyanates is 1. The molecule has 4 heteroatoms. The molecule has 0 amide bonds. The van der Waals surface area contributed by atoms with Crippen molar-refractivity contribution in [2.24, 2.45) is 4.99 Å². The number of aliphatic imine (C=N–C) groups is 1. The van der Waals surface area contributed by atoms with Gasteiger partial charge in [-0.1, -0.05) is 25.3 Å². The molecule has 0 unspecified atom stereocenters. The van der Waals surface area contributed by atoms with Crippen LogP contribution in [0.15, 0.2) is 29.9 Å². The van der Waals surface area contributed by atoms with Crippen LogP contribution in [0.2, 0.25) is 0 Å². The monoisotopic (exact) mass is 231 g/mol. The fourth-order valence-electron chi connectivity index (χ4n) is 2.65. The molecule has 0 saturated heterocycles. The van der Waals surface area contributed by atoms with Crippen LogP contribution in [0.3, 0.4) is 0 Å². The van der Waals surface area contributed by atoms with Crippen LogP contribution in [-0.4, -0.2) is 15.9 Å². The van der Waals surface area contributed by atoms with Gasteiger partial charge in [0.25, 0.3) is 0 Å². The van der Waals surface area contributed by atoms with Crippen LogP contribution in [0.4, 0.5) is 0 Å². The summed E-state index contributed by atoms with van der Waals surface area (Å²) in [6.45, 7) is 4.37. The normalized spacial score (nSPS) is 18.4. The van der Waals surface area contributed by atoms with Gasteiger partial charge in [-0.3, -0.25) is 4.68 Å². The zero-order valence-electron chi connectivity index (χ0n) is 9.93. The molecule has 4 nitrogen and oxygen atoms in total. The molecule has 1 aromatic heterocycles. The van der Waals surface area contributed by atoms with E-state index in [0.717, 1.165) is 31.4 Å². The SMILES string of the molecule is C=CCn1nccc1C1(N=C=O)CCCCC1. The van der Waals surface area contributed by atoms with Gasteiger partial charge in [0.15, 0.2) is 0 Å². The van der Waals surface area contributed by atoms with E-state index >= 15 is 0 Å². The lowest BCUT2D eigenvalue weighted by Crippen LogP contribution is -2.29. The Balaban J connectivity index is 2.40. The quantitative estimate of drug-likeness (QED) is 0.454. The predicted molar refractivity (Wildman–Crippen MR) is 65.3 cm³/mol. The summed E-state index contributed by atoms with van der Waals surface area (Å²) in [5.41, 5.74) is 0.611. The van der Waals surface area contributed by atoms with Crippen molar-refractivity contribution in [1.82, 2.24) is 9.78 Å². The predicted octanol–water partition coefficient (Wildman–Crippen LogP) is 2.56. The van der Waals surface area contributed by atoms with Crippen molar-refractivity contribution in [3.05, 3.63) is 30.6 Å². The fraction of sp³-hybridized carbons (Fsp3) is 0.538. The summed E-state index contributed by atoms with van der Waals surface area (Å²) in [5, 5.41) is 4.26. The van der Waals surface area contributed by atoms with E-state index in [1.807, 2.05) is 10.7 Å². The van der Waals surface area contributed by atoms with Crippen molar-refractivity contribution < 1.29 is 4.79 Å². The molecule has 1 saturated carbocycles. The Labute approximate surface area is 101 Å². The van der Waals surface area contributed by atoms with E-state index in [4.69, 9.17) is 0 Å². The number of carbonyl (C=O) groups excluding carboxylic acids is 1. The van der Waals surface area contributed by atoms with Gasteiger partial charge in [0, 0.05) is 6.20 Å². The highest BCUT2D eigenvalue weighted by atomic mass is 16.1. The van der Waals surface area contributed by atoms with Gasteiger partial charge < -0.3 is 0 Å². The summed E-state index contributed by atoms with van der Waals surface area (Å²) in [4.78, 5) is 14.8. The number of rotatable bonds is 4. The number of aromatic nitrogens is 2. The third-order valence-electron chi connectivity index (χ3n) is 3.44. The molecule has 90 valence electrons. The van der Waals surface area contributed by atoms with Crippen molar-refractivity contribution in [3.8, 4) is 0 Å². The molecule has 0 N–H and O–H groups in total. The Morgan fingerprint density at radius 3 is 2.94 bits per heavy atom. The van der Waals surface area contributed by atoms with Crippen LogP contribution < -0.4 is 0 Å². The number of hydrogen-bond acceptors (Lipinski definition) is 3. The minimum Gasteiger partial charge on any atom is -0.263 e. The second-order valence-corrected chi connectivity index (χ2v) is 4.48. The summed E-state index contributed by atoms with van der Waals surface area (Å²) in [6.07, 6.45) is 10.5. The molecule has 17 heavy (non-hydrogen) atoms. The standard InChI is InChI=1S/C13H17N3O/c1-2-10-16-12(6-9-15-16)13(14-11-17)7-4-3-5-8-13/h2,6,9H,1,3-5,7-8,10H2. The highest BCUT2D eigenvalue weighted by molar-refractivity contribution is 5.37. The van der Waals surface area contributed by atoms with E-state index in [0.29, 0.717) is 6.54 Å². The smallest absolute Gasteiger partial charge is 0.235 e. The largest absolute Gasteiger partial charge is 0.263 e.